The molecule has 104 valence electrons. The van der Waals surface area contributed by atoms with Crippen LogP contribution in [0.15, 0.2) is 46.9 Å². The molecule has 0 aromatic heterocycles. The standard InChI is InChI=1S/C15H13BrClNO2/c16-12-4-5-14(17)13(7-12)15(20)18-8-10-2-1-3-11(6-10)9-19/h1-7,19H,8-9H2,(H,18,20). The van der Waals surface area contributed by atoms with Gasteiger partial charge in [0, 0.05) is 11.0 Å². The van der Waals surface area contributed by atoms with E-state index < -0.39 is 0 Å². The summed E-state index contributed by atoms with van der Waals surface area (Å²) >= 11 is 9.32. The average Bonchev–Trinajstić information content (AvgIpc) is 2.47. The van der Waals surface area contributed by atoms with Crippen molar-refractivity contribution in [3.05, 3.63) is 68.7 Å². The lowest BCUT2D eigenvalue weighted by molar-refractivity contribution is 0.0951. The first kappa shape index (κ1) is 15.0. The maximum absolute atomic E-state index is 12.1. The smallest absolute Gasteiger partial charge is 0.253 e. The quantitative estimate of drug-likeness (QED) is 0.882. The van der Waals surface area contributed by atoms with Gasteiger partial charge < -0.3 is 10.4 Å². The number of rotatable bonds is 4. The summed E-state index contributed by atoms with van der Waals surface area (Å²) in [6.45, 7) is 0.370. The molecule has 0 fully saturated rings. The molecule has 20 heavy (non-hydrogen) atoms. The molecule has 0 spiro atoms. The number of aliphatic hydroxyl groups is 1. The van der Waals surface area contributed by atoms with E-state index >= 15 is 0 Å². The van der Waals surface area contributed by atoms with Crippen molar-refractivity contribution in [2.45, 2.75) is 13.2 Å². The molecule has 2 N–H and O–H groups in total. The highest BCUT2D eigenvalue weighted by Gasteiger charge is 2.10. The third-order valence-electron chi connectivity index (χ3n) is 2.80. The Morgan fingerprint density at radius 3 is 2.70 bits per heavy atom. The minimum atomic E-state index is -0.231. The monoisotopic (exact) mass is 353 g/mol. The molecule has 0 aliphatic rings. The fourth-order valence-electron chi connectivity index (χ4n) is 1.79. The molecule has 1 amide bonds. The highest BCUT2D eigenvalue weighted by Crippen LogP contribution is 2.21. The zero-order chi connectivity index (χ0) is 14.5. The lowest BCUT2D eigenvalue weighted by atomic mass is 10.1. The van der Waals surface area contributed by atoms with Gasteiger partial charge in [0.05, 0.1) is 17.2 Å². The van der Waals surface area contributed by atoms with Gasteiger partial charge in [0.1, 0.15) is 0 Å². The van der Waals surface area contributed by atoms with Crippen LogP contribution in [-0.4, -0.2) is 11.0 Å². The summed E-state index contributed by atoms with van der Waals surface area (Å²) in [5, 5.41) is 12.3. The van der Waals surface area contributed by atoms with Gasteiger partial charge in [-0.15, -0.1) is 0 Å². The summed E-state index contributed by atoms with van der Waals surface area (Å²) in [5.41, 5.74) is 2.17. The summed E-state index contributed by atoms with van der Waals surface area (Å²) in [6, 6.07) is 12.6. The van der Waals surface area contributed by atoms with Crippen LogP contribution in [0.2, 0.25) is 5.02 Å². The fraction of sp³-hybridized carbons (Fsp3) is 0.133. The van der Waals surface area contributed by atoms with Crippen molar-refractivity contribution in [2.75, 3.05) is 0 Å². The molecule has 5 heteroatoms. The van der Waals surface area contributed by atoms with Gasteiger partial charge in [-0.05, 0) is 29.3 Å². The Labute approximate surface area is 130 Å². The Kier molecular flexibility index (Phi) is 5.17. The van der Waals surface area contributed by atoms with Crippen molar-refractivity contribution >= 4 is 33.4 Å². The van der Waals surface area contributed by atoms with Crippen LogP contribution in [0.25, 0.3) is 0 Å². The number of nitrogens with one attached hydrogen (secondary N) is 1. The van der Waals surface area contributed by atoms with Gasteiger partial charge in [0.15, 0.2) is 0 Å². The molecule has 0 aliphatic carbocycles. The van der Waals surface area contributed by atoms with Crippen LogP contribution in [0.5, 0.6) is 0 Å². The van der Waals surface area contributed by atoms with Crippen LogP contribution < -0.4 is 5.32 Å². The number of aliphatic hydroxyl groups excluding tert-OH is 1. The lowest BCUT2D eigenvalue weighted by Gasteiger charge is -2.08. The molecule has 0 unspecified atom stereocenters. The van der Waals surface area contributed by atoms with Crippen LogP contribution in [-0.2, 0) is 13.2 Å². The molecule has 2 aromatic rings. The van der Waals surface area contributed by atoms with Crippen molar-refractivity contribution < 1.29 is 9.90 Å². The summed E-state index contributed by atoms with van der Waals surface area (Å²) in [5.74, 6) is -0.231. The van der Waals surface area contributed by atoms with E-state index in [4.69, 9.17) is 16.7 Å². The van der Waals surface area contributed by atoms with Crippen molar-refractivity contribution in [1.82, 2.24) is 5.32 Å². The van der Waals surface area contributed by atoms with Crippen LogP contribution in [0.1, 0.15) is 21.5 Å². The maximum Gasteiger partial charge on any atom is 0.253 e. The normalized spacial score (nSPS) is 10.3. The second kappa shape index (κ2) is 6.88. The SMILES string of the molecule is O=C(NCc1cccc(CO)c1)c1cc(Br)ccc1Cl. The molecule has 0 bridgehead atoms. The van der Waals surface area contributed by atoms with Crippen LogP contribution in [0.4, 0.5) is 0 Å². The van der Waals surface area contributed by atoms with Gasteiger partial charge >= 0.3 is 0 Å². The molecule has 0 heterocycles. The minimum Gasteiger partial charge on any atom is -0.392 e. The molecule has 3 nitrogen and oxygen atoms in total. The molecule has 0 aliphatic heterocycles. The third-order valence-corrected chi connectivity index (χ3v) is 3.62. The number of carbonyl (C=O) groups excluding carboxylic acids is 1. The number of hydrogen-bond acceptors (Lipinski definition) is 2. The Morgan fingerprint density at radius 2 is 1.95 bits per heavy atom. The predicted octanol–water partition coefficient (Wildman–Crippen LogP) is 3.52. The van der Waals surface area contributed by atoms with Crippen molar-refractivity contribution in [3.8, 4) is 0 Å². The number of amides is 1. The fourth-order valence-corrected chi connectivity index (χ4v) is 2.35. The average molecular weight is 355 g/mol. The maximum atomic E-state index is 12.1. The molecular formula is C15H13BrClNO2. The summed E-state index contributed by atoms with van der Waals surface area (Å²) in [4.78, 5) is 12.1. The molecule has 2 rings (SSSR count). The van der Waals surface area contributed by atoms with Gasteiger partial charge in [-0.25, -0.2) is 0 Å². The second-order valence-electron chi connectivity index (χ2n) is 4.28. The zero-order valence-corrected chi connectivity index (χ0v) is 12.9. The molecule has 2 aromatic carbocycles. The zero-order valence-electron chi connectivity index (χ0n) is 10.6. The summed E-state index contributed by atoms with van der Waals surface area (Å²) < 4.78 is 0.800. The van der Waals surface area contributed by atoms with E-state index in [2.05, 4.69) is 21.2 Å². The predicted molar refractivity (Wildman–Crippen MR) is 82.7 cm³/mol. The second-order valence-corrected chi connectivity index (χ2v) is 5.61. The Balaban J connectivity index is 2.06. The van der Waals surface area contributed by atoms with Gasteiger partial charge in [-0.3, -0.25) is 4.79 Å². The van der Waals surface area contributed by atoms with Crippen LogP contribution in [0.3, 0.4) is 0 Å². The van der Waals surface area contributed by atoms with Crippen molar-refractivity contribution in [1.29, 1.82) is 0 Å². The van der Waals surface area contributed by atoms with Gasteiger partial charge in [0.2, 0.25) is 0 Å². The highest BCUT2D eigenvalue weighted by atomic mass is 79.9. The van der Waals surface area contributed by atoms with Crippen molar-refractivity contribution in [3.63, 3.8) is 0 Å². The van der Waals surface area contributed by atoms with Gasteiger partial charge in [0.25, 0.3) is 5.91 Å². The van der Waals surface area contributed by atoms with Crippen LogP contribution in [0, 0.1) is 0 Å². The van der Waals surface area contributed by atoms with E-state index in [1.807, 2.05) is 24.3 Å². The van der Waals surface area contributed by atoms with E-state index in [0.717, 1.165) is 15.6 Å². The van der Waals surface area contributed by atoms with E-state index in [9.17, 15) is 4.79 Å². The van der Waals surface area contributed by atoms with Gasteiger partial charge in [-0.2, -0.15) is 0 Å². The lowest BCUT2D eigenvalue weighted by Crippen LogP contribution is -2.23. The van der Waals surface area contributed by atoms with E-state index in [1.165, 1.54) is 0 Å². The first-order chi connectivity index (χ1) is 9.60. The van der Waals surface area contributed by atoms with E-state index in [-0.39, 0.29) is 12.5 Å². The summed E-state index contributed by atoms with van der Waals surface area (Å²) in [7, 11) is 0. The number of hydrogen-bond donors (Lipinski definition) is 2. The largest absolute Gasteiger partial charge is 0.392 e. The Bertz CT molecular complexity index is 631. The van der Waals surface area contributed by atoms with Crippen molar-refractivity contribution in [2.24, 2.45) is 0 Å². The minimum absolute atomic E-state index is 0.0146. The highest BCUT2D eigenvalue weighted by molar-refractivity contribution is 9.10. The number of halogens is 2. The third kappa shape index (κ3) is 3.82. The van der Waals surface area contributed by atoms with E-state index in [1.54, 1.807) is 18.2 Å². The van der Waals surface area contributed by atoms with E-state index in [0.29, 0.717) is 17.1 Å². The van der Waals surface area contributed by atoms with Gasteiger partial charge in [-0.1, -0.05) is 51.8 Å². The molecular weight excluding hydrogens is 342 g/mol. The van der Waals surface area contributed by atoms with Crippen LogP contribution >= 0.6 is 27.5 Å². The Hall–Kier alpha value is -1.36. The first-order valence-electron chi connectivity index (χ1n) is 6.02. The topological polar surface area (TPSA) is 49.3 Å². The molecule has 0 radical (unpaired) electrons. The number of carbonyl (C=O) groups is 1. The Morgan fingerprint density at radius 1 is 1.20 bits per heavy atom. The molecule has 0 saturated carbocycles. The molecule has 0 atom stereocenters. The first-order valence-corrected chi connectivity index (χ1v) is 7.19. The molecule has 0 saturated heterocycles. The number of benzene rings is 2. The summed E-state index contributed by atoms with van der Waals surface area (Å²) in [6.07, 6.45) is 0.